The SMILES string of the molecule is COc1ccc(C(=O)C(C)(C)CCO)cc1. The molecule has 0 bridgehead atoms. The van der Waals surface area contributed by atoms with Crippen molar-refractivity contribution in [2.24, 2.45) is 5.41 Å². The van der Waals surface area contributed by atoms with Crippen LogP contribution in [-0.4, -0.2) is 24.6 Å². The molecule has 1 N–H and O–H groups in total. The fraction of sp³-hybridized carbons (Fsp3) is 0.462. The van der Waals surface area contributed by atoms with Crippen LogP contribution in [0.15, 0.2) is 24.3 Å². The number of ether oxygens (including phenoxy) is 1. The highest BCUT2D eigenvalue weighted by molar-refractivity contribution is 6.00. The van der Waals surface area contributed by atoms with Crippen molar-refractivity contribution in [2.75, 3.05) is 13.7 Å². The molecule has 1 aromatic rings. The van der Waals surface area contributed by atoms with E-state index in [9.17, 15) is 4.79 Å². The third-order valence-electron chi connectivity index (χ3n) is 2.70. The van der Waals surface area contributed by atoms with Gasteiger partial charge in [-0.3, -0.25) is 4.79 Å². The van der Waals surface area contributed by atoms with E-state index in [0.717, 1.165) is 5.75 Å². The van der Waals surface area contributed by atoms with Gasteiger partial charge < -0.3 is 9.84 Å². The van der Waals surface area contributed by atoms with E-state index < -0.39 is 5.41 Å². The summed E-state index contributed by atoms with van der Waals surface area (Å²) in [6, 6.07) is 7.03. The van der Waals surface area contributed by atoms with Gasteiger partial charge in [-0.2, -0.15) is 0 Å². The number of Topliss-reactive ketones (excluding diaryl/α,β-unsaturated/α-hetero) is 1. The van der Waals surface area contributed by atoms with Gasteiger partial charge in [0.1, 0.15) is 5.75 Å². The number of carbonyl (C=O) groups is 1. The van der Waals surface area contributed by atoms with Crippen molar-refractivity contribution in [2.45, 2.75) is 20.3 Å². The van der Waals surface area contributed by atoms with E-state index in [4.69, 9.17) is 9.84 Å². The third-order valence-corrected chi connectivity index (χ3v) is 2.70. The Morgan fingerprint density at radius 1 is 1.31 bits per heavy atom. The molecule has 0 aromatic heterocycles. The van der Waals surface area contributed by atoms with E-state index in [1.165, 1.54) is 0 Å². The lowest BCUT2D eigenvalue weighted by Crippen LogP contribution is -2.25. The Kier molecular flexibility index (Phi) is 4.07. The number of carbonyl (C=O) groups excluding carboxylic acids is 1. The van der Waals surface area contributed by atoms with Crippen molar-refractivity contribution < 1.29 is 14.6 Å². The molecule has 0 fully saturated rings. The van der Waals surface area contributed by atoms with Crippen LogP contribution in [-0.2, 0) is 0 Å². The Labute approximate surface area is 96.1 Å². The van der Waals surface area contributed by atoms with E-state index in [1.54, 1.807) is 31.4 Å². The van der Waals surface area contributed by atoms with Crippen LogP contribution < -0.4 is 4.74 Å². The lowest BCUT2D eigenvalue weighted by Gasteiger charge is -2.21. The van der Waals surface area contributed by atoms with Crippen molar-refractivity contribution in [1.82, 2.24) is 0 Å². The molecular formula is C13H18O3. The zero-order valence-electron chi connectivity index (χ0n) is 9.99. The minimum Gasteiger partial charge on any atom is -0.497 e. The molecule has 88 valence electrons. The maximum atomic E-state index is 12.1. The number of aliphatic hydroxyl groups is 1. The van der Waals surface area contributed by atoms with Gasteiger partial charge in [-0.05, 0) is 30.7 Å². The number of benzene rings is 1. The van der Waals surface area contributed by atoms with Gasteiger partial charge in [-0.15, -0.1) is 0 Å². The Bertz CT molecular complexity index is 352. The van der Waals surface area contributed by atoms with E-state index in [0.29, 0.717) is 12.0 Å². The number of methoxy groups -OCH3 is 1. The average Bonchev–Trinajstić information content (AvgIpc) is 2.28. The molecule has 0 spiro atoms. The van der Waals surface area contributed by atoms with Crippen LogP contribution in [0, 0.1) is 5.41 Å². The van der Waals surface area contributed by atoms with Gasteiger partial charge in [0.2, 0.25) is 0 Å². The van der Waals surface area contributed by atoms with Gasteiger partial charge in [0.05, 0.1) is 7.11 Å². The first-order valence-electron chi connectivity index (χ1n) is 5.31. The molecule has 1 aromatic carbocycles. The molecular weight excluding hydrogens is 204 g/mol. The first-order valence-corrected chi connectivity index (χ1v) is 5.31. The predicted molar refractivity (Wildman–Crippen MR) is 62.8 cm³/mol. The molecule has 0 unspecified atom stereocenters. The van der Waals surface area contributed by atoms with Gasteiger partial charge in [0, 0.05) is 17.6 Å². The van der Waals surface area contributed by atoms with Crippen molar-refractivity contribution in [1.29, 1.82) is 0 Å². The quantitative estimate of drug-likeness (QED) is 0.777. The maximum absolute atomic E-state index is 12.1. The monoisotopic (exact) mass is 222 g/mol. The highest BCUT2D eigenvalue weighted by Crippen LogP contribution is 2.26. The smallest absolute Gasteiger partial charge is 0.168 e. The van der Waals surface area contributed by atoms with E-state index in [2.05, 4.69) is 0 Å². The summed E-state index contributed by atoms with van der Waals surface area (Å²) in [6.45, 7) is 3.71. The molecule has 0 saturated carbocycles. The molecule has 0 heterocycles. The minimum absolute atomic E-state index is 0.0227. The van der Waals surface area contributed by atoms with Crippen molar-refractivity contribution >= 4 is 5.78 Å². The third kappa shape index (κ3) is 2.83. The summed E-state index contributed by atoms with van der Waals surface area (Å²) < 4.78 is 5.03. The lowest BCUT2D eigenvalue weighted by molar-refractivity contribution is 0.0794. The molecule has 0 saturated heterocycles. The number of aliphatic hydroxyl groups excluding tert-OH is 1. The van der Waals surface area contributed by atoms with E-state index in [1.807, 2.05) is 13.8 Å². The molecule has 0 radical (unpaired) electrons. The number of rotatable bonds is 5. The van der Waals surface area contributed by atoms with Crippen LogP contribution in [0.4, 0.5) is 0 Å². The Hall–Kier alpha value is -1.35. The zero-order valence-corrected chi connectivity index (χ0v) is 9.99. The molecule has 0 aliphatic heterocycles. The first-order chi connectivity index (χ1) is 7.51. The molecule has 0 aliphatic rings. The fourth-order valence-corrected chi connectivity index (χ4v) is 1.53. The lowest BCUT2D eigenvalue weighted by atomic mass is 9.81. The minimum atomic E-state index is -0.524. The molecule has 16 heavy (non-hydrogen) atoms. The summed E-state index contributed by atoms with van der Waals surface area (Å²) in [7, 11) is 1.59. The Morgan fingerprint density at radius 2 is 1.88 bits per heavy atom. The summed E-state index contributed by atoms with van der Waals surface area (Å²) in [5, 5.41) is 8.91. The van der Waals surface area contributed by atoms with E-state index in [-0.39, 0.29) is 12.4 Å². The van der Waals surface area contributed by atoms with Gasteiger partial charge in [-0.25, -0.2) is 0 Å². The number of ketones is 1. The summed E-state index contributed by atoms with van der Waals surface area (Å²) in [6.07, 6.45) is 0.470. The standard InChI is InChI=1S/C13H18O3/c1-13(2,8-9-14)12(15)10-4-6-11(16-3)7-5-10/h4-7,14H,8-9H2,1-3H3. The zero-order chi connectivity index (χ0) is 12.2. The molecule has 3 nitrogen and oxygen atoms in total. The highest BCUT2D eigenvalue weighted by atomic mass is 16.5. The van der Waals surface area contributed by atoms with Gasteiger partial charge in [0.25, 0.3) is 0 Å². The van der Waals surface area contributed by atoms with E-state index >= 15 is 0 Å². The second kappa shape index (κ2) is 5.12. The number of hydrogen-bond donors (Lipinski definition) is 1. The molecule has 0 aliphatic carbocycles. The maximum Gasteiger partial charge on any atom is 0.168 e. The van der Waals surface area contributed by atoms with Crippen LogP contribution in [0.5, 0.6) is 5.75 Å². The van der Waals surface area contributed by atoms with Gasteiger partial charge in [-0.1, -0.05) is 13.8 Å². The number of hydrogen-bond acceptors (Lipinski definition) is 3. The van der Waals surface area contributed by atoms with Crippen LogP contribution in [0.3, 0.4) is 0 Å². The summed E-state index contributed by atoms with van der Waals surface area (Å²) in [5.74, 6) is 0.778. The molecule has 3 heteroatoms. The molecule has 1 rings (SSSR count). The van der Waals surface area contributed by atoms with Crippen LogP contribution in [0.1, 0.15) is 30.6 Å². The largest absolute Gasteiger partial charge is 0.497 e. The summed E-state index contributed by atoms with van der Waals surface area (Å²) in [4.78, 5) is 12.1. The van der Waals surface area contributed by atoms with Crippen LogP contribution >= 0.6 is 0 Å². The normalized spacial score (nSPS) is 11.2. The van der Waals surface area contributed by atoms with Gasteiger partial charge >= 0.3 is 0 Å². The van der Waals surface area contributed by atoms with Crippen molar-refractivity contribution in [3.8, 4) is 5.75 Å². The average molecular weight is 222 g/mol. The summed E-state index contributed by atoms with van der Waals surface area (Å²) >= 11 is 0. The second-order valence-corrected chi connectivity index (χ2v) is 4.42. The second-order valence-electron chi connectivity index (χ2n) is 4.42. The van der Waals surface area contributed by atoms with Crippen molar-refractivity contribution in [3.63, 3.8) is 0 Å². The highest BCUT2D eigenvalue weighted by Gasteiger charge is 2.27. The topological polar surface area (TPSA) is 46.5 Å². The Morgan fingerprint density at radius 3 is 2.31 bits per heavy atom. The summed E-state index contributed by atoms with van der Waals surface area (Å²) in [5.41, 5.74) is 0.128. The van der Waals surface area contributed by atoms with Crippen LogP contribution in [0.2, 0.25) is 0 Å². The first kappa shape index (κ1) is 12.7. The molecule has 0 amide bonds. The Balaban J connectivity index is 2.87. The fourth-order valence-electron chi connectivity index (χ4n) is 1.53. The molecule has 0 atom stereocenters. The van der Waals surface area contributed by atoms with Crippen molar-refractivity contribution in [3.05, 3.63) is 29.8 Å². The predicted octanol–water partition coefficient (Wildman–Crippen LogP) is 2.29. The van der Waals surface area contributed by atoms with Gasteiger partial charge in [0.15, 0.2) is 5.78 Å². The van der Waals surface area contributed by atoms with Crippen LogP contribution in [0.25, 0.3) is 0 Å².